The molecule has 0 aliphatic rings. The number of nitrogens with zero attached hydrogens (tertiary/aromatic N) is 1. The first-order valence-corrected chi connectivity index (χ1v) is 6.30. The Morgan fingerprint density at radius 3 is 2.74 bits per heavy atom. The van der Waals surface area contributed by atoms with Gasteiger partial charge in [-0.2, -0.15) is 0 Å². The molecule has 4 heteroatoms. The quantitative estimate of drug-likeness (QED) is 0.897. The van der Waals surface area contributed by atoms with Crippen LogP contribution in [0.25, 0.3) is 0 Å². The van der Waals surface area contributed by atoms with Crippen LogP contribution in [0.15, 0.2) is 34.7 Å². The zero-order chi connectivity index (χ0) is 13.8. The molecule has 19 heavy (non-hydrogen) atoms. The minimum absolute atomic E-state index is 0.207. The predicted molar refractivity (Wildman–Crippen MR) is 74.7 cm³/mol. The van der Waals surface area contributed by atoms with Crippen molar-refractivity contribution in [1.29, 1.82) is 0 Å². The maximum Gasteiger partial charge on any atom is 0.146 e. The van der Waals surface area contributed by atoms with Crippen LogP contribution in [-0.4, -0.2) is 14.1 Å². The molecule has 0 atom stereocenters. The lowest BCUT2D eigenvalue weighted by atomic mass is 10.2. The molecule has 0 saturated carbocycles. The molecule has 1 aromatic carbocycles. The van der Waals surface area contributed by atoms with Crippen molar-refractivity contribution >= 4 is 5.69 Å². The number of hydrogen-bond donors (Lipinski definition) is 1. The van der Waals surface area contributed by atoms with E-state index >= 15 is 0 Å². The molecule has 1 aromatic heterocycles. The number of rotatable bonds is 5. The summed E-state index contributed by atoms with van der Waals surface area (Å²) in [5, 5.41) is 3.05. The Bertz CT molecular complexity index is 551. The molecular formula is C15H19FN2O. The van der Waals surface area contributed by atoms with Gasteiger partial charge in [0.15, 0.2) is 0 Å². The van der Waals surface area contributed by atoms with Crippen molar-refractivity contribution in [3.8, 4) is 0 Å². The molecule has 2 rings (SSSR count). The van der Waals surface area contributed by atoms with Crippen molar-refractivity contribution in [3.05, 3.63) is 53.2 Å². The van der Waals surface area contributed by atoms with Crippen LogP contribution in [0.4, 0.5) is 10.1 Å². The van der Waals surface area contributed by atoms with E-state index in [0.717, 1.165) is 17.1 Å². The number of para-hydroxylation sites is 1. The first-order valence-electron chi connectivity index (χ1n) is 6.30. The van der Waals surface area contributed by atoms with Gasteiger partial charge in [-0.25, -0.2) is 4.39 Å². The fourth-order valence-corrected chi connectivity index (χ4v) is 2.11. The van der Waals surface area contributed by atoms with Crippen LogP contribution >= 0.6 is 0 Å². The van der Waals surface area contributed by atoms with Gasteiger partial charge in [0.2, 0.25) is 0 Å². The van der Waals surface area contributed by atoms with E-state index < -0.39 is 0 Å². The number of nitrogens with one attached hydrogen (secondary N) is 1. The second-order valence-electron chi connectivity index (χ2n) is 4.63. The maximum absolute atomic E-state index is 13.7. The van der Waals surface area contributed by atoms with Crippen molar-refractivity contribution in [2.75, 3.05) is 19.0 Å². The third-order valence-corrected chi connectivity index (χ3v) is 3.09. The lowest BCUT2D eigenvalue weighted by molar-refractivity contribution is 0.469. The average Bonchev–Trinajstić information content (AvgIpc) is 2.70. The fraction of sp³-hybridized carbons (Fsp3) is 0.333. The van der Waals surface area contributed by atoms with Crippen LogP contribution in [0.2, 0.25) is 0 Å². The molecule has 0 saturated heterocycles. The maximum atomic E-state index is 13.7. The minimum Gasteiger partial charge on any atom is -0.465 e. The Morgan fingerprint density at radius 1 is 1.32 bits per heavy atom. The summed E-state index contributed by atoms with van der Waals surface area (Å²) in [4.78, 5) is 1.89. The second-order valence-corrected chi connectivity index (χ2v) is 4.63. The van der Waals surface area contributed by atoms with E-state index in [9.17, 15) is 4.39 Å². The van der Waals surface area contributed by atoms with Crippen LogP contribution in [0, 0.1) is 12.7 Å². The minimum atomic E-state index is -0.207. The Balaban J connectivity index is 2.15. The van der Waals surface area contributed by atoms with Gasteiger partial charge in [-0.3, -0.25) is 0 Å². The molecule has 0 amide bonds. The van der Waals surface area contributed by atoms with Gasteiger partial charge in [0, 0.05) is 19.2 Å². The van der Waals surface area contributed by atoms with Crippen LogP contribution in [0.1, 0.15) is 17.1 Å². The summed E-state index contributed by atoms with van der Waals surface area (Å²) >= 11 is 0. The largest absolute Gasteiger partial charge is 0.465 e. The molecule has 0 spiro atoms. The summed E-state index contributed by atoms with van der Waals surface area (Å²) in [6.07, 6.45) is 0. The molecular weight excluding hydrogens is 243 g/mol. The summed E-state index contributed by atoms with van der Waals surface area (Å²) in [7, 11) is 3.76. The Hall–Kier alpha value is -1.81. The number of anilines is 1. The lowest BCUT2D eigenvalue weighted by Gasteiger charge is -2.19. The van der Waals surface area contributed by atoms with Crippen LogP contribution in [0.3, 0.4) is 0 Å². The van der Waals surface area contributed by atoms with Gasteiger partial charge in [0.25, 0.3) is 0 Å². The Labute approximate surface area is 113 Å². The monoisotopic (exact) mass is 262 g/mol. The highest BCUT2D eigenvalue weighted by molar-refractivity contribution is 5.47. The van der Waals surface area contributed by atoms with Crippen molar-refractivity contribution in [2.45, 2.75) is 20.0 Å². The zero-order valence-corrected chi connectivity index (χ0v) is 11.5. The van der Waals surface area contributed by atoms with Crippen molar-refractivity contribution in [3.63, 3.8) is 0 Å². The number of hydrogen-bond acceptors (Lipinski definition) is 3. The summed E-state index contributed by atoms with van der Waals surface area (Å²) < 4.78 is 19.3. The van der Waals surface area contributed by atoms with Crippen LogP contribution in [-0.2, 0) is 13.1 Å². The molecule has 0 fully saturated rings. The number of aryl methyl sites for hydroxylation is 1. The normalized spacial score (nSPS) is 10.7. The van der Waals surface area contributed by atoms with Gasteiger partial charge in [0.05, 0.1) is 12.2 Å². The molecule has 0 aliphatic heterocycles. The molecule has 0 radical (unpaired) electrons. The van der Waals surface area contributed by atoms with Gasteiger partial charge < -0.3 is 14.6 Å². The van der Waals surface area contributed by atoms with E-state index in [1.165, 1.54) is 6.07 Å². The molecule has 0 aliphatic carbocycles. The SMILES string of the molecule is CNCc1cc(CN(C)c2ccccc2F)c(C)o1. The molecule has 1 heterocycles. The fourth-order valence-electron chi connectivity index (χ4n) is 2.11. The molecule has 1 N–H and O–H groups in total. The predicted octanol–water partition coefficient (Wildman–Crippen LogP) is 3.08. The van der Waals surface area contributed by atoms with E-state index in [1.54, 1.807) is 12.1 Å². The van der Waals surface area contributed by atoms with Gasteiger partial charge in [-0.15, -0.1) is 0 Å². The molecule has 0 unspecified atom stereocenters. The highest BCUT2D eigenvalue weighted by Gasteiger charge is 2.12. The molecule has 102 valence electrons. The van der Waals surface area contributed by atoms with E-state index in [4.69, 9.17) is 4.42 Å². The van der Waals surface area contributed by atoms with Crippen LogP contribution in [0.5, 0.6) is 0 Å². The van der Waals surface area contributed by atoms with Gasteiger partial charge >= 0.3 is 0 Å². The van der Waals surface area contributed by atoms with E-state index in [2.05, 4.69) is 5.32 Å². The molecule has 0 bridgehead atoms. The smallest absolute Gasteiger partial charge is 0.146 e. The van der Waals surface area contributed by atoms with E-state index in [0.29, 0.717) is 18.8 Å². The first-order chi connectivity index (χ1) is 9.11. The van der Waals surface area contributed by atoms with Gasteiger partial charge in [-0.1, -0.05) is 12.1 Å². The second kappa shape index (κ2) is 5.89. The summed E-state index contributed by atoms with van der Waals surface area (Å²) in [5.41, 5.74) is 1.68. The van der Waals surface area contributed by atoms with Crippen molar-refractivity contribution in [1.82, 2.24) is 5.32 Å². The Morgan fingerprint density at radius 2 is 2.05 bits per heavy atom. The average molecular weight is 262 g/mol. The summed E-state index contributed by atoms with van der Waals surface area (Å²) in [6, 6.07) is 8.80. The van der Waals surface area contributed by atoms with E-state index in [-0.39, 0.29) is 5.82 Å². The highest BCUT2D eigenvalue weighted by atomic mass is 19.1. The Kier molecular flexibility index (Phi) is 4.22. The zero-order valence-electron chi connectivity index (χ0n) is 11.5. The topological polar surface area (TPSA) is 28.4 Å². The van der Waals surface area contributed by atoms with Gasteiger partial charge in [-0.05, 0) is 32.2 Å². The number of furan rings is 1. The third-order valence-electron chi connectivity index (χ3n) is 3.09. The third kappa shape index (κ3) is 3.15. The van der Waals surface area contributed by atoms with Crippen LogP contribution < -0.4 is 10.2 Å². The molecule has 2 aromatic rings. The lowest BCUT2D eigenvalue weighted by Crippen LogP contribution is -2.17. The van der Waals surface area contributed by atoms with Gasteiger partial charge in [0.1, 0.15) is 17.3 Å². The first kappa shape index (κ1) is 13.6. The van der Waals surface area contributed by atoms with Crippen molar-refractivity contribution < 1.29 is 8.81 Å². The molecule has 3 nitrogen and oxygen atoms in total. The van der Waals surface area contributed by atoms with E-state index in [1.807, 2.05) is 38.1 Å². The number of halogens is 1. The summed E-state index contributed by atoms with van der Waals surface area (Å²) in [6.45, 7) is 3.26. The standard InChI is InChI=1S/C15H19FN2O/c1-11-12(8-13(19-11)9-17-2)10-18(3)15-7-5-4-6-14(15)16/h4-8,17H,9-10H2,1-3H3. The van der Waals surface area contributed by atoms with Crippen molar-refractivity contribution in [2.24, 2.45) is 0 Å². The highest BCUT2D eigenvalue weighted by Crippen LogP contribution is 2.22. The summed E-state index contributed by atoms with van der Waals surface area (Å²) in [5.74, 6) is 1.58. The number of benzene rings is 1.